The number of rotatable bonds is 4. The highest BCUT2D eigenvalue weighted by molar-refractivity contribution is 6.32. The normalized spacial score (nSPS) is 13.4. The van der Waals surface area contributed by atoms with E-state index in [1.165, 1.54) is 7.11 Å². The molecule has 0 saturated carbocycles. The van der Waals surface area contributed by atoms with Crippen molar-refractivity contribution in [1.82, 2.24) is 24.6 Å². The molecule has 0 amide bonds. The van der Waals surface area contributed by atoms with Gasteiger partial charge in [-0.3, -0.25) is 9.78 Å². The topological polar surface area (TPSA) is 85.5 Å². The van der Waals surface area contributed by atoms with Crippen molar-refractivity contribution in [1.29, 1.82) is 0 Å². The maximum absolute atomic E-state index is 13.2. The molecule has 1 aliphatic rings. The van der Waals surface area contributed by atoms with Crippen LogP contribution >= 0.6 is 11.6 Å². The molecule has 0 unspecified atom stereocenters. The standard InChI is InChI=1S/C24H21ClF2N6O2/c1-12-13(2)23(31-33-20(34)8-19(21(26)27)30-22(12)33)32-5-4-18-16(11-32)6-14(9-28-18)15-7-17(25)24(35-3)29-10-15/h6-10,21H,4-5,11H2,1-3H3. The zero-order valence-corrected chi connectivity index (χ0v) is 20.0. The lowest BCUT2D eigenvalue weighted by Crippen LogP contribution is -2.34. The number of hydrogen-bond donors (Lipinski definition) is 0. The molecule has 0 bridgehead atoms. The summed E-state index contributed by atoms with van der Waals surface area (Å²) in [7, 11) is 1.51. The number of pyridine rings is 2. The largest absolute Gasteiger partial charge is 0.480 e. The fraction of sp³-hybridized carbons (Fsp3) is 0.292. The Labute approximate surface area is 204 Å². The molecule has 1 aliphatic heterocycles. The van der Waals surface area contributed by atoms with Gasteiger partial charge in [0.15, 0.2) is 11.5 Å². The number of hydrogen-bond acceptors (Lipinski definition) is 7. The van der Waals surface area contributed by atoms with E-state index in [0.29, 0.717) is 41.8 Å². The molecule has 0 aromatic carbocycles. The van der Waals surface area contributed by atoms with Crippen molar-refractivity contribution in [2.45, 2.75) is 33.2 Å². The van der Waals surface area contributed by atoms with E-state index in [-0.39, 0.29) is 5.65 Å². The number of fused-ring (bicyclic) bond motifs is 2. The van der Waals surface area contributed by atoms with Crippen molar-refractivity contribution in [3.8, 4) is 17.0 Å². The van der Waals surface area contributed by atoms with Crippen LogP contribution in [0.3, 0.4) is 0 Å². The first-order valence-corrected chi connectivity index (χ1v) is 11.3. The maximum atomic E-state index is 13.2. The molecule has 0 fully saturated rings. The molecule has 0 N–H and O–H groups in total. The number of alkyl halides is 2. The SMILES string of the molecule is COc1ncc(-c2cnc3c(c2)CN(c2nn4c(=O)cc(C(F)F)nc4c(C)c2C)CC3)cc1Cl. The number of halogens is 3. The third-order valence-electron chi connectivity index (χ3n) is 6.24. The van der Waals surface area contributed by atoms with Crippen LogP contribution in [0.4, 0.5) is 14.6 Å². The van der Waals surface area contributed by atoms with Crippen molar-refractivity contribution in [2.75, 3.05) is 18.6 Å². The lowest BCUT2D eigenvalue weighted by molar-refractivity contribution is 0.146. The molecule has 0 saturated heterocycles. The monoisotopic (exact) mass is 498 g/mol. The molecule has 5 rings (SSSR count). The van der Waals surface area contributed by atoms with Crippen molar-refractivity contribution in [3.05, 3.63) is 74.0 Å². The number of aryl methyl sites for hydroxylation is 1. The number of ether oxygens (including phenoxy) is 1. The summed E-state index contributed by atoms with van der Waals surface area (Å²) >= 11 is 6.25. The minimum Gasteiger partial charge on any atom is -0.480 e. The Kier molecular flexibility index (Phi) is 5.84. The van der Waals surface area contributed by atoms with Gasteiger partial charge in [0, 0.05) is 65.9 Å². The number of aromatic nitrogens is 5. The van der Waals surface area contributed by atoms with Gasteiger partial charge >= 0.3 is 0 Å². The first-order valence-electron chi connectivity index (χ1n) is 10.9. The molecule has 11 heteroatoms. The second kappa shape index (κ2) is 8.84. The van der Waals surface area contributed by atoms with Gasteiger partial charge in [0.25, 0.3) is 12.0 Å². The molecule has 180 valence electrons. The molecular formula is C24H21ClF2N6O2. The molecule has 0 atom stereocenters. The number of methoxy groups -OCH3 is 1. The van der Waals surface area contributed by atoms with Gasteiger partial charge in [-0.25, -0.2) is 18.7 Å². The molecule has 4 aromatic rings. The highest BCUT2D eigenvalue weighted by Gasteiger charge is 2.24. The average molecular weight is 499 g/mol. The summed E-state index contributed by atoms with van der Waals surface area (Å²) in [6, 6.07) is 4.65. The molecule has 35 heavy (non-hydrogen) atoms. The molecule has 8 nitrogen and oxygen atoms in total. The van der Waals surface area contributed by atoms with Gasteiger partial charge in [-0.15, -0.1) is 5.10 Å². The summed E-state index contributed by atoms with van der Waals surface area (Å²) in [5.74, 6) is 0.958. The van der Waals surface area contributed by atoms with Gasteiger partial charge in [-0.1, -0.05) is 11.6 Å². The number of anilines is 1. The minimum atomic E-state index is -2.83. The first-order chi connectivity index (χ1) is 16.8. The fourth-order valence-corrected chi connectivity index (χ4v) is 4.49. The zero-order valence-electron chi connectivity index (χ0n) is 19.2. The van der Waals surface area contributed by atoms with Crippen LogP contribution in [0.1, 0.15) is 34.5 Å². The van der Waals surface area contributed by atoms with E-state index in [1.807, 2.05) is 13.0 Å². The van der Waals surface area contributed by atoms with Gasteiger partial charge in [-0.2, -0.15) is 4.52 Å². The molecule has 0 spiro atoms. The molecular weight excluding hydrogens is 478 g/mol. The summed E-state index contributed by atoms with van der Waals surface area (Å²) in [5.41, 5.74) is 4.03. The van der Waals surface area contributed by atoms with Gasteiger partial charge in [0.1, 0.15) is 10.7 Å². The second-order valence-corrected chi connectivity index (χ2v) is 8.75. The zero-order chi connectivity index (χ0) is 24.9. The van der Waals surface area contributed by atoms with Crippen LogP contribution in [0, 0.1) is 13.8 Å². The Morgan fingerprint density at radius 2 is 1.83 bits per heavy atom. The Hall–Kier alpha value is -3.66. The van der Waals surface area contributed by atoms with E-state index in [2.05, 4.69) is 25.0 Å². The van der Waals surface area contributed by atoms with E-state index >= 15 is 0 Å². The van der Waals surface area contributed by atoms with Crippen LogP contribution in [-0.2, 0) is 13.0 Å². The molecule has 5 heterocycles. The third-order valence-corrected chi connectivity index (χ3v) is 6.51. The van der Waals surface area contributed by atoms with Crippen LogP contribution in [-0.4, -0.2) is 38.2 Å². The third kappa shape index (κ3) is 4.07. The van der Waals surface area contributed by atoms with Crippen LogP contribution in [0.15, 0.2) is 35.4 Å². The molecule has 4 aromatic heterocycles. The maximum Gasteiger partial charge on any atom is 0.280 e. The van der Waals surface area contributed by atoms with E-state index in [4.69, 9.17) is 16.3 Å². The van der Waals surface area contributed by atoms with E-state index < -0.39 is 17.7 Å². The molecule has 0 radical (unpaired) electrons. The van der Waals surface area contributed by atoms with Crippen molar-refractivity contribution in [2.24, 2.45) is 0 Å². The van der Waals surface area contributed by atoms with Crippen molar-refractivity contribution < 1.29 is 13.5 Å². The fourth-order valence-electron chi connectivity index (χ4n) is 4.25. The van der Waals surface area contributed by atoms with E-state index in [9.17, 15) is 13.6 Å². The summed E-state index contributed by atoms with van der Waals surface area (Å²) in [5, 5.41) is 4.91. The van der Waals surface area contributed by atoms with E-state index in [1.54, 1.807) is 25.4 Å². The van der Waals surface area contributed by atoms with Gasteiger partial charge in [0.2, 0.25) is 5.88 Å². The van der Waals surface area contributed by atoms with Crippen LogP contribution in [0.2, 0.25) is 5.02 Å². The van der Waals surface area contributed by atoms with Crippen molar-refractivity contribution in [3.63, 3.8) is 0 Å². The first kappa shape index (κ1) is 23.1. The summed E-state index contributed by atoms with van der Waals surface area (Å²) < 4.78 is 32.6. The molecule has 0 aliphatic carbocycles. The Balaban J connectivity index is 1.53. The Morgan fingerprint density at radius 1 is 1.09 bits per heavy atom. The van der Waals surface area contributed by atoms with Crippen LogP contribution < -0.4 is 15.2 Å². The highest BCUT2D eigenvalue weighted by atomic mass is 35.5. The Morgan fingerprint density at radius 3 is 2.54 bits per heavy atom. The van der Waals surface area contributed by atoms with Gasteiger partial charge in [-0.05, 0) is 31.5 Å². The van der Waals surface area contributed by atoms with Crippen LogP contribution in [0.25, 0.3) is 16.8 Å². The summed E-state index contributed by atoms with van der Waals surface area (Å²) in [6.07, 6.45) is 1.33. The predicted octanol–water partition coefficient (Wildman–Crippen LogP) is 4.33. The lowest BCUT2D eigenvalue weighted by atomic mass is 10.0. The quantitative estimate of drug-likeness (QED) is 0.414. The lowest BCUT2D eigenvalue weighted by Gasteiger charge is -2.31. The smallest absolute Gasteiger partial charge is 0.280 e. The van der Waals surface area contributed by atoms with Crippen LogP contribution in [0.5, 0.6) is 5.88 Å². The van der Waals surface area contributed by atoms with Crippen molar-refractivity contribution >= 4 is 23.1 Å². The Bertz CT molecular complexity index is 1520. The van der Waals surface area contributed by atoms with Gasteiger partial charge < -0.3 is 9.64 Å². The summed E-state index contributed by atoms with van der Waals surface area (Å²) in [4.78, 5) is 27.5. The predicted molar refractivity (Wildman–Crippen MR) is 127 cm³/mol. The summed E-state index contributed by atoms with van der Waals surface area (Å²) in [6.45, 7) is 4.78. The van der Waals surface area contributed by atoms with E-state index in [0.717, 1.165) is 38.5 Å². The van der Waals surface area contributed by atoms with Gasteiger partial charge in [0.05, 0.1) is 7.11 Å². The minimum absolute atomic E-state index is 0.138. The number of nitrogens with zero attached hydrogens (tertiary/aromatic N) is 6. The highest BCUT2D eigenvalue weighted by Crippen LogP contribution is 2.31. The average Bonchev–Trinajstić information content (AvgIpc) is 2.85. The second-order valence-electron chi connectivity index (χ2n) is 8.35.